The summed E-state index contributed by atoms with van der Waals surface area (Å²) in [4.78, 5) is 43.0. The number of piperazine rings is 1. The van der Waals surface area contributed by atoms with Crippen LogP contribution in [0.2, 0.25) is 0 Å². The van der Waals surface area contributed by atoms with Crippen molar-refractivity contribution in [2.24, 2.45) is 10.9 Å². The van der Waals surface area contributed by atoms with Gasteiger partial charge in [-0.05, 0) is 25.5 Å². The van der Waals surface area contributed by atoms with Crippen LogP contribution in [0, 0.1) is 12.8 Å². The molecule has 1 amide bonds. The maximum Gasteiger partial charge on any atom is 0.321 e. The molecule has 9 heteroatoms. The lowest BCUT2D eigenvalue weighted by Gasteiger charge is -2.38. The molecular weight excluding hydrogens is 396 g/mol. The second-order valence-electron chi connectivity index (χ2n) is 7.55. The lowest BCUT2D eigenvalue weighted by Crippen LogP contribution is -2.57. The molecule has 1 aromatic heterocycles. The summed E-state index contributed by atoms with van der Waals surface area (Å²) in [5.41, 5.74) is 1.91. The highest BCUT2D eigenvalue weighted by atomic mass is 16.5. The first kappa shape index (κ1) is 20.8. The number of anilines is 1. The number of rotatable bonds is 4. The van der Waals surface area contributed by atoms with E-state index < -0.39 is 17.9 Å². The molecule has 0 aliphatic carbocycles. The first-order valence-corrected chi connectivity index (χ1v) is 10.5. The minimum atomic E-state index is -1.01. The second-order valence-corrected chi connectivity index (χ2v) is 7.55. The average Bonchev–Trinajstić information content (AvgIpc) is 2.80. The Bertz CT molecular complexity index is 955. The quantitative estimate of drug-likeness (QED) is 0.586. The molecule has 2 aromatic rings. The van der Waals surface area contributed by atoms with Crippen LogP contribution in [0.15, 0.2) is 47.7 Å². The molecule has 1 saturated heterocycles. The number of aromatic nitrogens is 2. The van der Waals surface area contributed by atoms with E-state index in [1.54, 1.807) is 25.4 Å². The minimum absolute atomic E-state index is 0.212. The summed E-state index contributed by atoms with van der Waals surface area (Å²) < 4.78 is 5.17. The molecule has 0 unspecified atom stereocenters. The van der Waals surface area contributed by atoms with Crippen molar-refractivity contribution in [1.29, 1.82) is 0 Å². The van der Waals surface area contributed by atoms with E-state index in [-0.39, 0.29) is 12.5 Å². The van der Waals surface area contributed by atoms with Gasteiger partial charge in [0.1, 0.15) is 6.04 Å². The van der Waals surface area contributed by atoms with Crippen LogP contribution in [0.5, 0.6) is 0 Å². The number of amides is 1. The topological polar surface area (TPSA) is 100 Å². The molecular formula is C22H26N6O3. The summed E-state index contributed by atoms with van der Waals surface area (Å²) in [5, 5.41) is 2.83. The number of nitrogens with zero attached hydrogens (tertiary/aromatic N) is 5. The number of benzene rings is 1. The van der Waals surface area contributed by atoms with Crippen LogP contribution < -0.4 is 10.2 Å². The number of guanidine groups is 1. The molecule has 2 atom stereocenters. The highest BCUT2D eigenvalue weighted by Crippen LogP contribution is 2.31. The Balaban J connectivity index is 1.56. The van der Waals surface area contributed by atoms with Gasteiger partial charge in [-0.25, -0.2) is 15.0 Å². The molecule has 9 nitrogen and oxygen atoms in total. The number of hydrogen-bond acceptors (Lipinski definition) is 8. The lowest BCUT2D eigenvalue weighted by atomic mass is 9.91. The number of carbonyl (C=O) groups excluding carboxylic acids is 2. The number of ether oxygens (including phenoxy) is 1. The molecule has 1 fully saturated rings. The third-order valence-corrected chi connectivity index (χ3v) is 5.47. The molecule has 2 aliphatic heterocycles. The predicted octanol–water partition coefficient (Wildman–Crippen LogP) is 1.31. The summed E-state index contributed by atoms with van der Waals surface area (Å²) in [5.74, 6) is -0.769. The zero-order valence-corrected chi connectivity index (χ0v) is 17.7. The zero-order valence-electron chi connectivity index (χ0n) is 17.7. The highest BCUT2D eigenvalue weighted by Gasteiger charge is 2.42. The van der Waals surface area contributed by atoms with Gasteiger partial charge in [0.15, 0.2) is 5.92 Å². The Morgan fingerprint density at radius 1 is 1.10 bits per heavy atom. The van der Waals surface area contributed by atoms with E-state index in [1.807, 2.05) is 36.1 Å². The van der Waals surface area contributed by atoms with Crippen LogP contribution in [-0.2, 0) is 14.3 Å². The number of aliphatic imine (C=N–C) groups is 1. The molecule has 3 heterocycles. The fourth-order valence-corrected chi connectivity index (χ4v) is 3.80. The van der Waals surface area contributed by atoms with Crippen molar-refractivity contribution in [1.82, 2.24) is 20.2 Å². The van der Waals surface area contributed by atoms with Gasteiger partial charge in [0, 0.05) is 38.6 Å². The Morgan fingerprint density at radius 2 is 1.74 bits per heavy atom. The van der Waals surface area contributed by atoms with Gasteiger partial charge in [-0.3, -0.25) is 14.9 Å². The molecule has 4 rings (SSSR count). The Hall–Kier alpha value is -3.49. The van der Waals surface area contributed by atoms with Crippen molar-refractivity contribution in [3.05, 3.63) is 53.9 Å². The van der Waals surface area contributed by atoms with Crippen molar-refractivity contribution < 1.29 is 14.3 Å². The van der Waals surface area contributed by atoms with E-state index in [0.717, 1.165) is 11.1 Å². The third kappa shape index (κ3) is 4.50. The first-order valence-electron chi connectivity index (χ1n) is 10.5. The van der Waals surface area contributed by atoms with Gasteiger partial charge in [-0.2, -0.15) is 0 Å². The number of carbonyl (C=O) groups is 2. The van der Waals surface area contributed by atoms with Crippen LogP contribution in [0.1, 0.15) is 24.1 Å². The van der Waals surface area contributed by atoms with Crippen LogP contribution in [-0.4, -0.2) is 65.5 Å². The van der Waals surface area contributed by atoms with Crippen molar-refractivity contribution in [2.45, 2.75) is 19.9 Å². The van der Waals surface area contributed by atoms with E-state index in [1.165, 1.54) is 0 Å². The number of hydrogen-bond donors (Lipinski definition) is 1. The number of aryl methyl sites for hydroxylation is 1. The van der Waals surface area contributed by atoms with Gasteiger partial charge in [0.25, 0.3) is 0 Å². The van der Waals surface area contributed by atoms with Gasteiger partial charge >= 0.3 is 5.97 Å². The summed E-state index contributed by atoms with van der Waals surface area (Å²) in [6.45, 7) is 6.65. The summed E-state index contributed by atoms with van der Waals surface area (Å²) in [6.07, 6.45) is 3.45. The Kier molecular flexibility index (Phi) is 6.11. The van der Waals surface area contributed by atoms with Crippen molar-refractivity contribution in [2.75, 3.05) is 37.7 Å². The molecule has 0 spiro atoms. The number of nitrogens with one attached hydrogen (secondary N) is 1. The largest absolute Gasteiger partial charge is 0.465 e. The second kappa shape index (κ2) is 9.11. The summed E-state index contributed by atoms with van der Waals surface area (Å²) >= 11 is 0. The Labute approximate surface area is 181 Å². The number of esters is 1. The highest BCUT2D eigenvalue weighted by molar-refractivity contribution is 6.08. The van der Waals surface area contributed by atoms with Gasteiger partial charge in [-0.1, -0.05) is 29.8 Å². The SMILES string of the molecule is CCOC(=O)[C@@H]1C(=O)NC(N2CCN(c3ncccn3)CC2)=N[C@@H]1c1ccc(C)cc1. The van der Waals surface area contributed by atoms with Crippen molar-refractivity contribution >= 4 is 23.8 Å². The van der Waals surface area contributed by atoms with Crippen LogP contribution in [0.3, 0.4) is 0 Å². The molecule has 0 bridgehead atoms. The van der Waals surface area contributed by atoms with Crippen LogP contribution in [0.4, 0.5) is 5.95 Å². The van der Waals surface area contributed by atoms with Crippen molar-refractivity contribution in [3.63, 3.8) is 0 Å². The molecule has 162 valence electrons. The normalized spacial score (nSPS) is 21.4. The van der Waals surface area contributed by atoms with E-state index in [4.69, 9.17) is 9.73 Å². The summed E-state index contributed by atoms with van der Waals surface area (Å²) in [7, 11) is 0. The van der Waals surface area contributed by atoms with E-state index in [9.17, 15) is 9.59 Å². The molecule has 1 N–H and O–H groups in total. The van der Waals surface area contributed by atoms with Crippen LogP contribution >= 0.6 is 0 Å². The fraction of sp³-hybridized carbons (Fsp3) is 0.409. The predicted molar refractivity (Wildman–Crippen MR) is 115 cm³/mol. The summed E-state index contributed by atoms with van der Waals surface area (Å²) in [6, 6.07) is 8.90. The van der Waals surface area contributed by atoms with E-state index >= 15 is 0 Å². The third-order valence-electron chi connectivity index (χ3n) is 5.47. The zero-order chi connectivity index (χ0) is 21.8. The van der Waals surface area contributed by atoms with Crippen LogP contribution in [0.25, 0.3) is 0 Å². The fourth-order valence-electron chi connectivity index (χ4n) is 3.80. The standard InChI is InChI=1S/C22H26N6O3/c1-3-31-20(30)17-18(16-7-5-15(2)6-8-16)25-22(26-19(17)29)28-13-11-27(12-14-28)21-23-9-4-10-24-21/h4-10,17-18H,3,11-14H2,1-2H3,(H,25,26,29)/t17-,18+/m0/s1. The smallest absolute Gasteiger partial charge is 0.321 e. The molecule has 2 aliphatic rings. The van der Waals surface area contributed by atoms with Gasteiger partial charge in [0.05, 0.1) is 6.61 Å². The van der Waals surface area contributed by atoms with E-state index in [2.05, 4.69) is 20.2 Å². The molecule has 0 radical (unpaired) electrons. The molecule has 0 saturated carbocycles. The average molecular weight is 422 g/mol. The van der Waals surface area contributed by atoms with Gasteiger partial charge in [0.2, 0.25) is 17.8 Å². The maximum absolute atomic E-state index is 13.0. The first-order chi connectivity index (χ1) is 15.1. The van der Waals surface area contributed by atoms with Crippen molar-refractivity contribution in [3.8, 4) is 0 Å². The monoisotopic (exact) mass is 422 g/mol. The Morgan fingerprint density at radius 3 is 2.39 bits per heavy atom. The maximum atomic E-state index is 13.0. The van der Waals surface area contributed by atoms with E-state index in [0.29, 0.717) is 38.1 Å². The van der Waals surface area contributed by atoms with Gasteiger partial charge < -0.3 is 14.5 Å². The lowest BCUT2D eigenvalue weighted by molar-refractivity contribution is -0.153. The molecule has 31 heavy (non-hydrogen) atoms. The molecule has 1 aromatic carbocycles. The minimum Gasteiger partial charge on any atom is -0.465 e. The van der Waals surface area contributed by atoms with Gasteiger partial charge in [-0.15, -0.1) is 0 Å².